The van der Waals surface area contributed by atoms with Gasteiger partial charge in [-0.15, -0.1) is 10.2 Å². The molecule has 0 saturated heterocycles. The number of hydrogen-bond acceptors (Lipinski definition) is 6. The van der Waals surface area contributed by atoms with Gasteiger partial charge in [-0.2, -0.15) is 14.9 Å². The summed E-state index contributed by atoms with van der Waals surface area (Å²) in [4.78, 5) is 28.0. The molecule has 2 aromatic carbocycles. The average Bonchev–Trinajstić information content (AvgIpc) is 3.63. The number of carbonyl (C=O) groups excluding carboxylic acids is 2. The highest BCUT2D eigenvalue weighted by molar-refractivity contribution is 5.93. The van der Waals surface area contributed by atoms with Crippen molar-refractivity contribution in [3.05, 3.63) is 83.4 Å². The zero-order chi connectivity index (χ0) is 26.2. The zero-order valence-corrected chi connectivity index (χ0v) is 21.4. The highest BCUT2D eigenvalue weighted by Gasteiger charge is 2.29. The summed E-state index contributed by atoms with van der Waals surface area (Å²) < 4.78 is 5.28. The molecule has 3 aromatic heterocycles. The number of rotatable bonds is 6. The molecule has 1 aliphatic rings. The summed E-state index contributed by atoms with van der Waals surface area (Å²) in [6.45, 7) is 3.52. The SMILES string of the molecule is Cc1nn(C(=O)CCC(=O)N2CCc3c(c(-c4nncn4Cc4ccccc4)nn3C)C2)c2ccccc12. The van der Waals surface area contributed by atoms with Crippen LogP contribution in [0.3, 0.4) is 0 Å². The first kappa shape index (κ1) is 23.8. The first-order valence-corrected chi connectivity index (χ1v) is 12.7. The Morgan fingerprint density at radius 3 is 2.55 bits per heavy atom. The predicted octanol–water partition coefficient (Wildman–Crippen LogP) is 3.39. The van der Waals surface area contributed by atoms with Crippen LogP contribution in [0, 0.1) is 6.92 Å². The Kier molecular flexibility index (Phi) is 6.07. The van der Waals surface area contributed by atoms with Gasteiger partial charge in [0.05, 0.1) is 17.8 Å². The third kappa shape index (κ3) is 4.27. The Morgan fingerprint density at radius 1 is 0.947 bits per heavy atom. The smallest absolute Gasteiger partial charge is 0.247 e. The van der Waals surface area contributed by atoms with Crippen LogP contribution in [0.15, 0.2) is 60.9 Å². The van der Waals surface area contributed by atoms with Gasteiger partial charge in [0, 0.05) is 56.0 Å². The molecule has 0 saturated carbocycles. The fourth-order valence-corrected chi connectivity index (χ4v) is 5.21. The molecular formula is C28H28N8O2. The maximum absolute atomic E-state index is 13.2. The number of fused-ring (bicyclic) bond motifs is 2. The third-order valence-corrected chi connectivity index (χ3v) is 7.18. The van der Waals surface area contributed by atoms with Gasteiger partial charge in [-0.25, -0.2) is 0 Å². The molecule has 1 amide bonds. The number of aryl methyl sites for hydroxylation is 2. The predicted molar refractivity (Wildman–Crippen MR) is 141 cm³/mol. The lowest BCUT2D eigenvalue weighted by Crippen LogP contribution is -2.36. The monoisotopic (exact) mass is 508 g/mol. The van der Waals surface area contributed by atoms with E-state index in [0.29, 0.717) is 31.9 Å². The molecule has 0 N–H and O–H groups in total. The van der Waals surface area contributed by atoms with Gasteiger partial charge >= 0.3 is 0 Å². The van der Waals surface area contributed by atoms with E-state index in [1.165, 1.54) is 4.68 Å². The highest BCUT2D eigenvalue weighted by Crippen LogP contribution is 2.29. The maximum atomic E-state index is 13.2. The van der Waals surface area contributed by atoms with Gasteiger partial charge in [-0.05, 0) is 18.6 Å². The largest absolute Gasteiger partial charge is 0.338 e. The van der Waals surface area contributed by atoms with Crippen molar-refractivity contribution < 1.29 is 9.59 Å². The standard InChI is InChI=1S/C28H28N8O2/c1-19-21-10-6-7-11-24(21)36(31-19)26(38)13-12-25(37)34-15-14-23-22(17-34)27(32-33(23)2)28-30-29-18-35(28)16-20-8-4-3-5-9-20/h3-11,18H,12-17H2,1-2H3. The van der Waals surface area contributed by atoms with Crippen LogP contribution in [-0.2, 0) is 31.4 Å². The Labute approximate surface area is 219 Å². The minimum atomic E-state index is -0.184. The van der Waals surface area contributed by atoms with Gasteiger partial charge in [-0.3, -0.25) is 14.3 Å². The van der Waals surface area contributed by atoms with E-state index in [1.807, 2.05) is 70.6 Å². The van der Waals surface area contributed by atoms with Crippen LogP contribution < -0.4 is 0 Å². The summed E-state index contributed by atoms with van der Waals surface area (Å²) >= 11 is 0. The number of carbonyl (C=O) groups is 2. The number of nitrogens with zero attached hydrogens (tertiary/aromatic N) is 8. The van der Waals surface area contributed by atoms with Crippen LogP contribution in [0.25, 0.3) is 22.4 Å². The van der Waals surface area contributed by atoms with Crippen LogP contribution in [0.4, 0.5) is 0 Å². The van der Waals surface area contributed by atoms with Crippen molar-refractivity contribution in [1.29, 1.82) is 0 Å². The molecular weight excluding hydrogens is 480 g/mol. The van der Waals surface area contributed by atoms with Crippen molar-refractivity contribution in [2.24, 2.45) is 7.05 Å². The summed E-state index contributed by atoms with van der Waals surface area (Å²) in [5.74, 6) is 0.435. The second kappa shape index (κ2) is 9.70. The maximum Gasteiger partial charge on any atom is 0.247 e. The van der Waals surface area contributed by atoms with E-state index in [9.17, 15) is 9.59 Å². The molecule has 0 unspecified atom stereocenters. The van der Waals surface area contributed by atoms with Crippen molar-refractivity contribution in [1.82, 2.24) is 39.2 Å². The van der Waals surface area contributed by atoms with E-state index < -0.39 is 0 Å². The molecule has 5 aromatic rings. The molecule has 4 heterocycles. The molecule has 0 bridgehead atoms. The summed E-state index contributed by atoms with van der Waals surface area (Å²) in [5.41, 5.74) is 5.52. The number of hydrogen-bond donors (Lipinski definition) is 0. The van der Waals surface area contributed by atoms with E-state index in [0.717, 1.165) is 39.1 Å². The van der Waals surface area contributed by atoms with Gasteiger partial charge in [0.25, 0.3) is 0 Å². The summed E-state index contributed by atoms with van der Waals surface area (Å²) in [6.07, 6.45) is 2.62. The minimum absolute atomic E-state index is 0.0576. The molecule has 6 rings (SSSR count). The first-order chi connectivity index (χ1) is 18.5. The van der Waals surface area contributed by atoms with Crippen molar-refractivity contribution in [2.75, 3.05) is 6.54 Å². The van der Waals surface area contributed by atoms with Crippen LogP contribution in [0.5, 0.6) is 0 Å². The second-order valence-corrected chi connectivity index (χ2v) is 9.64. The molecule has 0 aliphatic carbocycles. The number of aromatic nitrogens is 7. The molecule has 0 spiro atoms. The van der Waals surface area contributed by atoms with Crippen molar-refractivity contribution >= 4 is 22.7 Å². The fourth-order valence-electron chi connectivity index (χ4n) is 5.21. The molecule has 0 atom stereocenters. The topological polar surface area (TPSA) is 104 Å². The van der Waals surface area contributed by atoms with E-state index in [-0.39, 0.29) is 24.7 Å². The molecule has 1 aliphatic heterocycles. The lowest BCUT2D eigenvalue weighted by atomic mass is 10.0. The van der Waals surface area contributed by atoms with Crippen LogP contribution in [0.1, 0.15) is 40.2 Å². The van der Waals surface area contributed by atoms with E-state index in [2.05, 4.69) is 27.4 Å². The van der Waals surface area contributed by atoms with Gasteiger partial charge in [-0.1, -0.05) is 48.5 Å². The van der Waals surface area contributed by atoms with Crippen LogP contribution in [0.2, 0.25) is 0 Å². The lowest BCUT2D eigenvalue weighted by Gasteiger charge is -2.27. The van der Waals surface area contributed by atoms with Gasteiger partial charge in [0.2, 0.25) is 11.8 Å². The molecule has 38 heavy (non-hydrogen) atoms. The molecule has 192 valence electrons. The Balaban J connectivity index is 1.18. The van der Waals surface area contributed by atoms with E-state index in [1.54, 1.807) is 6.33 Å². The Morgan fingerprint density at radius 2 is 1.71 bits per heavy atom. The van der Waals surface area contributed by atoms with Crippen molar-refractivity contribution in [2.45, 2.75) is 39.3 Å². The fraction of sp³-hybridized carbons (Fsp3) is 0.286. The molecule has 10 heteroatoms. The minimum Gasteiger partial charge on any atom is -0.338 e. The van der Waals surface area contributed by atoms with E-state index >= 15 is 0 Å². The first-order valence-electron chi connectivity index (χ1n) is 12.7. The van der Waals surface area contributed by atoms with E-state index in [4.69, 9.17) is 5.10 Å². The second-order valence-electron chi connectivity index (χ2n) is 9.64. The number of para-hydroxylation sites is 1. The average molecular weight is 509 g/mol. The van der Waals surface area contributed by atoms with Crippen LogP contribution in [-0.4, -0.2) is 57.6 Å². The highest BCUT2D eigenvalue weighted by atomic mass is 16.2. The molecule has 10 nitrogen and oxygen atoms in total. The van der Waals surface area contributed by atoms with Crippen LogP contribution >= 0.6 is 0 Å². The zero-order valence-electron chi connectivity index (χ0n) is 21.4. The number of benzene rings is 2. The molecule has 0 fully saturated rings. The summed E-state index contributed by atoms with van der Waals surface area (Å²) in [7, 11) is 1.92. The Hall–Kier alpha value is -4.60. The summed E-state index contributed by atoms with van der Waals surface area (Å²) in [6, 6.07) is 17.8. The Bertz CT molecular complexity index is 1650. The van der Waals surface area contributed by atoms with Crippen molar-refractivity contribution in [3.63, 3.8) is 0 Å². The quantitative estimate of drug-likeness (QED) is 0.348. The summed E-state index contributed by atoms with van der Waals surface area (Å²) in [5, 5.41) is 18.6. The normalized spacial score (nSPS) is 13.2. The number of amides is 1. The van der Waals surface area contributed by atoms with Gasteiger partial charge < -0.3 is 9.47 Å². The van der Waals surface area contributed by atoms with Gasteiger partial charge in [0.15, 0.2) is 5.82 Å². The third-order valence-electron chi connectivity index (χ3n) is 7.18. The van der Waals surface area contributed by atoms with Crippen molar-refractivity contribution in [3.8, 4) is 11.5 Å². The lowest BCUT2D eigenvalue weighted by molar-refractivity contribution is -0.132. The molecule has 0 radical (unpaired) electrons. The van der Waals surface area contributed by atoms with Gasteiger partial charge in [0.1, 0.15) is 12.0 Å².